The van der Waals surface area contributed by atoms with Crippen LogP contribution >= 0.6 is 12.2 Å². The number of carbonyl (C=O) groups excluding carboxylic acids is 1. The average Bonchev–Trinajstić information content (AvgIpc) is 2.33. The van der Waals surface area contributed by atoms with Crippen molar-refractivity contribution in [2.24, 2.45) is 11.7 Å². The number of rotatable bonds is 6. The average molecular weight is 301 g/mol. The van der Waals surface area contributed by atoms with Crippen molar-refractivity contribution in [1.82, 2.24) is 9.80 Å². The van der Waals surface area contributed by atoms with Gasteiger partial charge in [-0.05, 0) is 20.3 Å². The zero-order valence-electron chi connectivity index (χ0n) is 12.8. The van der Waals surface area contributed by atoms with E-state index in [1.807, 2.05) is 11.8 Å². The number of aliphatic hydroxyl groups is 1. The van der Waals surface area contributed by atoms with Gasteiger partial charge in [0.2, 0.25) is 5.91 Å². The van der Waals surface area contributed by atoms with Crippen LogP contribution in [0.1, 0.15) is 33.6 Å². The van der Waals surface area contributed by atoms with Crippen molar-refractivity contribution in [2.75, 3.05) is 32.7 Å². The third kappa shape index (κ3) is 5.34. The second-order valence-electron chi connectivity index (χ2n) is 6.16. The van der Waals surface area contributed by atoms with Crippen LogP contribution in [0.4, 0.5) is 0 Å². The zero-order valence-corrected chi connectivity index (χ0v) is 13.6. The highest BCUT2D eigenvalue weighted by atomic mass is 32.1. The number of hydrogen-bond acceptors (Lipinski definition) is 4. The van der Waals surface area contributed by atoms with Crippen molar-refractivity contribution >= 4 is 23.1 Å². The van der Waals surface area contributed by atoms with Gasteiger partial charge in [0, 0.05) is 32.7 Å². The first kappa shape index (κ1) is 17.3. The van der Waals surface area contributed by atoms with E-state index >= 15 is 0 Å². The van der Waals surface area contributed by atoms with Crippen molar-refractivity contribution in [1.29, 1.82) is 0 Å². The topological polar surface area (TPSA) is 69.8 Å². The predicted octanol–water partition coefficient (Wildman–Crippen LogP) is 0.604. The van der Waals surface area contributed by atoms with Crippen LogP contribution in [-0.2, 0) is 4.79 Å². The SMILES string of the molecule is CCCC(C(=O)N1CCN(CC(C)(C)O)CC1)C(N)=S. The molecule has 20 heavy (non-hydrogen) atoms. The van der Waals surface area contributed by atoms with E-state index in [0.29, 0.717) is 24.6 Å². The van der Waals surface area contributed by atoms with Crippen molar-refractivity contribution in [3.63, 3.8) is 0 Å². The van der Waals surface area contributed by atoms with Crippen LogP contribution in [-0.4, -0.2) is 64.1 Å². The Kier molecular flexibility index (Phi) is 6.36. The highest BCUT2D eigenvalue weighted by Crippen LogP contribution is 2.14. The molecule has 1 atom stereocenters. The van der Waals surface area contributed by atoms with Gasteiger partial charge < -0.3 is 15.7 Å². The van der Waals surface area contributed by atoms with E-state index in [2.05, 4.69) is 4.90 Å². The summed E-state index contributed by atoms with van der Waals surface area (Å²) in [6, 6.07) is 0. The van der Waals surface area contributed by atoms with E-state index in [4.69, 9.17) is 18.0 Å². The molecule has 0 aliphatic carbocycles. The first-order chi connectivity index (χ1) is 9.24. The van der Waals surface area contributed by atoms with Crippen molar-refractivity contribution < 1.29 is 9.90 Å². The number of carbonyl (C=O) groups is 1. The molecule has 0 spiro atoms. The Labute approximate surface area is 127 Å². The number of amides is 1. The van der Waals surface area contributed by atoms with Gasteiger partial charge in [-0.25, -0.2) is 0 Å². The highest BCUT2D eigenvalue weighted by molar-refractivity contribution is 7.80. The largest absolute Gasteiger partial charge is 0.393 e. The lowest BCUT2D eigenvalue weighted by Crippen LogP contribution is -2.54. The minimum Gasteiger partial charge on any atom is -0.393 e. The minimum absolute atomic E-state index is 0.0576. The maximum Gasteiger partial charge on any atom is 0.232 e. The van der Waals surface area contributed by atoms with E-state index < -0.39 is 5.60 Å². The third-order valence-corrected chi connectivity index (χ3v) is 3.80. The van der Waals surface area contributed by atoms with Gasteiger partial charge in [-0.2, -0.15) is 0 Å². The monoisotopic (exact) mass is 301 g/mol. The molecule has 1 heterocycles. The number of hydrogen-bond donors (Lipinski definition) is 2. The van der Waals surface area contributed by atoms with Crippen LogP contribution < -0.4 is 5.73 Å². The van der Waals surface area contributed by atoms with E-state index in [9.17, 15) is 9.90 Å². The first-order valence-electron chi connectivity index (χ1n) is 7.27. The van der Waals surface area contributed by atoms with Crippen LogP contribution in [0.25, 0.3) is 0 Å². The number of nitrogens with two attached hydrogens (primary N) is 1. The molecule has 0 aromatic carbocycles. The Morgan fingerprint density at radius 1 is 1.35 bits per heavy atom. The molecule has 1 saturated heterocycles. The van der Waals surface area contributed by atoms with E-state index in [1.54, 1.807) is 13.8 Å². The summed E-state index contributed by atoms with van der Waals surface area (Å²) in [5.74, 6) is -0.266. The summed E-state index contributed by atoms with van der Waals surface area (Å²) in [4.78, 5) is 16.7. The molecule has 0 aromatic rings. The van der Waals surface area contributed by atoms with Gasteiger partial charge in [0.25, 0.3) is 0 Å². The lowest BCUT2D eigenvalue weighted by molar-refractivity contribution is -0.135. The Morgan fingerprint density at radius 2 is 1.90 bits per heavy atom. The van der Waals surface area contributed by atoms with Crippen LogP contribution in [0.3, 0.4) is 0 Å². The summed E-state index contributed by atoms with van der Waals surface area (Å²) < 4.78 is 0. The lowest BCUT2D eigenvalue weighted by Gasteiger charge is -2.38. The Bertz CT molecular complexity index is 347. The molecular weight excluding hydrogens is 274 g/mol. The fourth-order valence-electron chi connectivity index (χ4n) is 2.57. The summed E-state index contributed by atoms with van der Waals surface area (Å²) in [6.07, 6.45) is 1.62. The molecular formula is C14H27N3O2S. The quantitative estimate of drug-likeness (QED) is 0.703. The van der Waals surface area contributed by atoms with Crippen molar-refractivity contribution in [3.8, 4) is 0 Å². The second kappa shape index (κ2) is 7.33. The molecule has 1 aliphatic heterocycles. The Morgan fingerprint density at radius 3 is 2.30 bits per heavy atom. The highest BCUT2D eigenvalue weighted by Gasteiger charge is 2.29. The van der Waals surface area contributed by atoms with Crippen LogP contribution in [0, 0.1) is 5.92 Å². The molecule has 1 aliphatic rings. The molecule has 3 N–H and O–H groups in total. The third-order valence-electron chi connectivity index (χ3n) is 3.51. The molecule has 5 nitrogen and oxygen atoms in total. The molecule has 1 rings (SSSR count). The van der Waals surface area contributed by atoms with Crippen LogP contribution in [0.15, 0.2) is 0 Å². The van der Waals surface area contributed by atoms with Crippen LogP contribution in [0.5, 0.6) is 0 Å². The number of nitrogens with zero attached hydrogens (tertiary/aromatic N) is 2. The van der Waals surface area contributed by atoms with Gasteiger partial charge in [0.05, 0.1) is 16.5 Å². The van der Waals surface area contributed by atoms with Gasteiger partial charge >= 0.3 is 0 Å². The molecule has 0 radical (unpaired) electrons. The summed E-state index contributed by atoms with van der Waals surface area (Å²) in [7, 11) is 0. The molecule has 0 bridgehead atoms. The maximum atomic E-state index is 12.4. The molecule has 116 valence electrons. The fraction of sp³-hybridized carbons (Fsp3) is 0.857. The zero-order chi connectivity index (χ0) is 15.3. The lowest BCUT2D eigenvalue weighted by atomic mass is 10.0. The van der Waals surface area contributed by atoms with Crippen LogP contribution in [0.2, 0.25) is 0 Å². The van der Waals surface area contributed by atoms with Gasteiger partial charge in [0.15, 0.2) is 0 Å². The van der Waals surface area contributed by atoms with Crippen molar-refractivity contribution in [3.05, 3.63) is 0 Å². The minimum atomic E-state index is -0.699. The fourth-order valence-corrected chi connectivity index (χ4v) is 2.79. The first-order valence-corrected chi connectivity index (χ1v) is 7.68. The molecule has 0 aromatic heterocycles. The molecule has 1 amide bonds. The molecule has 6 heteroatoms. The Hall–Kier alpha value is -0.720. The standard InChI is InChI=1S/C14H27N3O2S/c1-4-5-11(12(15)20)13(18)17-8-6-16(7-9-17)10-14(2,3)19/h11,19H,4-10H2,1-3H3,(H2,15,20). The summed E-state index contributed by atoms with van der Waals surface area (Å²) >= 11 is 5.01. The Balaban J connectivity index is 2.51. The molecule has 0 saturated carbocycles. The summed E-state index contributed by atoms with van der Waals surface area (Å²) in [6.45, 7) is 9.18. The maximum absolute atomic E-state index is 12.4. The summed E-state index contributed by atoms with van der Waals surface area (Å²) in [5.41, 5.74) is 4.98. The van der Waals surface area contributed by atoms with Crippen molar-refractivity contribution in [2.45, 2.75) is 39.2 Å². The smallest absolute Gasteiger partial charge is 0.232 e. The normalized spacial score (nSPS) is 18.9. The number of β-amino-alcohol motifs (C(OH)–C–C–N with tert-alkyl or cyclic N) is 1. The van der Waals surface area contributed by atoms with Gasteiger partial charge in [-0.1, -0.05) is 25.6 Å². The molecule has 1 unspecified atom stereocenters. The van der Waals surface area contributed by atoms with Gasteiger partial charge in [-0.15, -0.1) is 0 Å². The van der Waals surface area contributed by atoms with Gasteiger partial charge in [-0.3, -0.25) is 9.69 Å². The van der Waals surface area contributed by atoms with E-state index in [-0.39, 0.29) is 11.8 Å². The summed E-state index contributed by atoms with van der Waals surface area (Å²) in [5, 5.41) is 9.82. The second-order valence-corrected chi connectivity index (χ2v) is 6.63. The van der Waals surface area contributed by atoms with E-state index in [0.717, 1.165) is 25.9 Å². The van der Waals surface area contributed by atoms with Gasteiger partial charge in [0.1, 0.15) is 0 Å². The van der Waals surface area contributed by atoms with E-state index in [1.165, 1.54) is 0 Å². The number of thiocarbonyl (C=S) groups is 1. The number of piperazine rings is 1. The molecule has 1 fully saturated rings. The predicted molar refractivity (Wildman–Crippen MR) is 84.5 cm³/mol.